The molecule has 4 rings (SSSR count). The lowest BCUT2D eigenvalue weighted by atomic mass is 10.1. The number of thiophene rings is 1. The topological polar surface area (TPSA) is 74.8 Å². The van der Waals surface area contributed by atoms with Crippen molar-refractivity contribution < 1.29 is 16.8 Å². The second-order valence-electron chi connectivity index (χ2n) is 7.81. The van der Waals surface area contributed by atoms with Gasteiger partial charge in [0.15, 0.2) is 19.7 Å². The van der Waals surface area contributed by atoms with Gasteiger partial charge in [-0.1, -0.05) is 48.6 Å². The fourth-order valence-corrected chi connectivity index (χ4v) is 10.2. The number of nitrogens with zero attached hydrogens (tertiary/aromatic N) is 2. The van der Waals surface area contributed by atoms with Gasteiger partial charge in [0, 0.05) is 38.8 Å². The molecule has 0 bridgehead atoms. The first-order chi connectivity index (χ1) is 14.4. The molecule has 0 amide bonds. The van der Waals surface area contributed by atoms with Crippen LogP contribution in [0.15, 0.2) is 58.1 Å². The molecule has 2 fully saturated rings. The van der Waals surface area contributed by atoms with Crippen molar-refractivity contribution in [2.45, 2.75) is 15.5 Å². The molecule has 0 N–H and O–H groups in total. The molecule has 1 aromatic heterocycles. The Balaban J connectivity index is 1.40. The van der Waals surface area contributed by atoms with Gasteiger partial charge >= 0.3 is 0 Å². The van der Waals surface area contributed by atoms with E-state index < -0.39 is 31.0 Å². The third-order valence-electron chi connectivity index (χ3n) is 5.80. The second-order valence-corrected chi connectivity index (χ2v) is 13.3. The van der Waals surface area contributed by atoms with Gasteiger partial charge in [0.2, 0.25) is 0 Å². The Kier molecular flexibility index (Phi) is 6.45. The Labute approximate surface area is 182 Å². The molecular formula is C21H26N2O4S3. The fourth-order valence-electron chi connectivity index (χ4n) is 4.19. The van der Waals surface area contributed by atoms with E-state index in [2.05, 4.69) is 34.1 Å². The number of hydrogen-bond acceptors (Lipinski definition) is 7. The van der Waals surface area contributed by atoms with E-state index in [1.807, 2.05) is 18.2 Å². The molecule has 2 atom stereocenters. The van der Waals surface area contributed by atoms with Gasteiger partial charge in [-0.3, -0.25) is 9.80 Å². The quantitative estimate of drug-likeness (QED) is 0.649. The van der Waals surface area contributed by atoms with Crippen molar-refractivity contribution in [1.82, 2.24) is 9.80 Å². The van der Waals surface area contributed by atoms with E-state index in [9.17, 15) is 16.8 Å². The molecule has 3 heterocycles. The molecule has 0 unspecified atom stereocenters. The Hall–Kier alpha value is -1.52. The maximum Gasteiger partial charge on any atom is 0.193 e. The Bertz CT molecular complexity index is 1070. The van der Waals surface area contributed by atoms with Gasteiger partial charge < -0.3 is 0 Å². The van der Waals surface area contributed by atoms with E-state index in [-0.39, 0.29) is 15.7 Å². The van der Waals surface area contributed by atoms with Crippen molar-refractivity contribution in [3.8, 4) is 0 Å². The molecule has 6 nitrogen and oxygen atoms in total. The van der Waals surface area contributed by atoms with Gasteiger partial charge in [0.25, 0.3) is 0 Å². The van der Waals surface area contributed by atoms with E-state index in [0.29, 0.717) is 13.1 Å². The summed E-state index contributed by atoms with van der Waals surface area (Å²) in [4.78, 5) is 4.37. The largest absolute Gasteiger partial charge is 0.297 e. The maximum atomic E-state index is 13.1. The molecule has 9 heteroatoms. The van der Waals surface area contributed by atoms with Gasteiger partial charge in [0.1, 0.15) is 4.21 Å². The van der Waals surface area contributed by atoms with Crippen LogP contribution in [0.3, 0.4) is 0 Å². The number of piperazine rings is 1. The summed E-state index contributed by atoms with van der Waals surface area (Å²) in [6.07, 6.45) is 4.23. The standard InChI is InChI=1S/C21H26N2O4S3/c24-29(25)16-19(20(17-29)30(26,27)21-9-5-15-28-21)23-13-11-22(12-14-23)10-4-8-18-6-2-1-3-7-18/h1-9,15,19-20H,10-14,16-17H2/b8-4+/t19-,20-/m0/s1. The first kappa shape index (κ1) is 21.7. The van der Waals surface area contributed by atoms with Crippen LogP contribution in [0.25, 0.3) is 6.08 Å². The highest BCUT2D eigenvalue weighted by atomic mass is 32.2. The lowest BCUT2D eigenvalue weighted by Gasteiger charge is -2.38. The maximum absolute atomic E-state index is 13.1. The summed E-state index contributed by atoms with van der Waals surface area (Å²) >= 11 is 1.16. The third-order valence-corrected chi connectivity index (χ3v) is 11.3. The highest BCUT2D eigenvalue weighted by molar-refractivity contribution is 7.97. The second kappa shape index (κ2) is 8.92. The summed E-state index contributed by atoms with van der Waals surface area (Å²) < 4.78 is 51.1. The van der Waals surface area contributed by atoms with E-state index in [0.717, 1.165) is 36.5 Å². The number of benzene rings is 1. The molecule has 2 aromatic rings. The summed E-state index contributed by atoms with van der Waals surface area (Å²) in [7, 11) is -7.02. The normalized spacial score (nSPS) is 25.7. The van der Waals surface area contributed by atoms with E-state index in [1.54, 1.807) is 17.5 Å². The van der Waals surface area contributed by atoms with Gasteiger partial charge in [-0.15, -0.1) is 11.3 Å². The molecule has 162 valence electrons. The van der Waals surface area contributed by atoms with Crippen LogP contribution in [-0.2, 0) is 19.7 Å². The number of rotatable bonds is 6. The van der Waals surface area contributed by atoms with Crippen molar-refractivity contribution in [2.75, 3.05) is 44.2 Å². The third kappa shape index (κ3) is 4.86. The minimum absolute atomic E-state index is 0.0732. The van der Waals surface area contributed by atoms with Crippen LogP contribution >= 0.6 is 11.3 Å². The zero-order chi connectivity index (χ0) is 21.2. The van der Waals surface area contributed by atoms with Crippen molar-refractivity contribution in [3.05, 3.63) is 59.5 Å². The van der Waals surface area contributed by atoms with Crippen molar-refractivity contribution in [3.63, 3.8) is 0 Å². The minimum Gasteiger partial charge on any atom is -0.297 e. The first-order valence-electron chi connectivity index (χ1n) is 10.0. The fraction of sp³-hybridized carbons (Fsp3) is 0.429. The van der Waals surface area contributed by atoms with E-state index >= 15 is 0 Å². The summed E-state index contributed by atoms with van der Waals surface area (Å²) in [6.45, 7) is 3.76. The average molecular weight is 467 g/mol. The molecular weight excluding hydrogens is 440 g/mol. The molecule has 2 aliphatic rings. The van der Waals surface area contributed by atoms with E-state index in [1.165, 1.54) is 0 Å². The highest BCUT2D eigenvalue weighted by Crippen LogP contribution is 2.31. The smallest absolute Gasteiger partial charge is 0.193 e. The van der Waals surface area contributed by atoms with Crippen LogP contribution in [-0.4, -0.2) is 82.2 Å². The SMILES string of the molecule is O=S1(=O)C[C@H](N2CCN(C/C=C/c3ccccc3)CC2)[C@@H](S(=O)(=O)c2cccs2)C1. The predicted molar refractivity (Wildman–Crippen MR) is 121 cm³/mol. The lowest BCUT2D eigenvalue weighted by Crippen LogP contribution is -2.54. The molecule has 0 radical (unpaired) electrons. The predicted octanol–water partition coefficient (Wildman–Crippen LogP) is 2.02. The molecule has 2 saturated heterocycles. The van der Waals surface area contributed by atoms with Crippen LogP contribution in [0.5, 0.6) is 0 Å². The van der Waals surface area contributed by atoms with Gasteiger partial charge in [-0.25, -0.2) is 16.8 Å². The molecule has 1 aromatic carbocycles. The first-order valence-corrected chi connectivity index (χ1v) is 14.3. The average Bonchev–Trinajstić information content (AvgIpc) is 3.38. The molecule has 2 aliphatic heterocycles. The summed E-state index contributed by atoms with van der Waals surface area (Å²) in [5.41, 5.74) is 1.16. The van der Waals surface area contributed by atoms with E-state index in [4.69, 9.17) is 0 Å². The minimum atomic E-state index is -3.65. The van der Waals surface area contributed by atoms with Crippen LogP contribution in [0, 0.1) is 0 Å². The van der Waals surface area contributed by atoms with Crippen LogP contribution < -0.4 is 0 Å². The highest BCUT2D eigenvalue weighted by Gasteiger charge is 2.48. The van der Waals surface area contributed by atoms with Crippen molar-refractivity contribution >= 4 is 37.1 Å². The number of sulfone groups is 2. The summed E-state index contributed by atoms with van der Waals surface area (Å²) in [5.74, 6) is -0.353. The molecule has 0 saturated carbocycles. The summed E-state index contributed by atoms with van der Waals surface area (Å²) in [5, 5.41) is 0.832. The molecule has 0 aliphatic carbocycles. The van der Waals surface area contributed by atoms with Gasteiger partial charge in [-0.05, 0) is 17.0 Å². The molecule has 30 heavy (non-hydrogen) atoms. The zero-order valence-corrected chi connectivity index (χ0v) is 19.1. The summed E-state index contributed by atoms with van der Waals surface area (Å²) in [6, 6.07) is 12.9. The van der Waals surface area contributed by atoms with Gasteiger partial charge in [0.05, 0.1) is 16.8 Å². The Morgan fingerprint density at radius 2 is 1.73 bits per heavy atom. The van der Waals surface area contributed by atoms with Gasteiger partial charge in [-0.2, -0.15) is 0 Å². The molecule has 0 spiro atoms. The Morgan fingerprint density at radius 3 is 2.40 bits per heavy atom. The monoisotopic (exact) mass is 466 g/mol. The van der Waals surface area contributed by atoms with Crippen LogP contribution in [0.4, 0.5) is 0 Å². The Morgan fingerprint density at radius 1 is 1.00 bits per heavy atom. The van der Waals surface area contributed by atoms with Crippen molar-refractivity contribution in [2.24, 2.45) is 0 Å². The number of hydrogen-bond donors (Lipinski definition) is 0. The van der Waals surface area contributed by atoms with Crippen molar-refractivity contribution in [1.29, 1.82) is 0 Å². The zero-order valence-electron chi connectivity index (χ0n) is 16.6. The van der Waals surface area contributed by atoms with Crippen LogP contribution in [0.2, 0.25) is 0 Å². The lowest BCUT2D eigenvalue weighted by molar-refractivity contribution is 0.113. The van der Waals surface area contributed by atoms with Crippen LogP contribution in [0.1, 0.15) is 5.56 Å².